The average molecular weight is 367 g/mol. The number of morpholine rings is 1. The van der Waals surface area contributed by atoms with Crippen molar-refractivity contribution in [1.82, 2.24) is 0 Å². The summed E-state index contributed by atoms with van der Waals surface area (Å²) in [5, 5.41) is 3.65. The van der Waals surface area contributed by atoms with E-state index in [9.17, 15) is 9.59 Å². The van der Waals surface area contributed by atoms with Crippen molar-refractivity contribution in [2.45, 2.75) is 33.1 Å². The van der Waals surface area contributed by atoms with Crippen molar-refractivity contribution in [1.29, 1.82) is 0 Å². The number of hydrogen-bond donors (Lipinski definition) is 2. The number of rotatable bonds is 5. The number of thiophene rings is 1. The van der Waals surface area contributed by atoms with Crippen LogP contribution in [0.4, 0.5) is 5.00 Å². The van der Waals surface area contributed by atoms with Crippen LogP contribution in [0.15, 0.2) is 0 Å². The topological polar surface area (TPSA) is 69.1 Å². The molecule has 1 saturated heterocycles. The van der Waals surface area contributed by atoms with Gasteiger partial charge in [-0.15, -0.1) is 11.3 Å². The van der Waals surface area contributed by atoms with Gasteiger partial charge in [0.25, 0.3) is 5.91 Å². The molecule has 0 unspecified atom stereocenters. The maximum absolute atomic E-state index is 12.5. The van der Waals surface area contributed by atoms with E-state index < -0.39 is 0 Å². The highest BCUT2D eigenvalue weighted by Crippen LogP contribution is 2.40. The van der Waals surface area contributed by atoms with E-state index in [-0.39, 0.29) is 11.9 Å². The number of quaternary nitrogens is 1. The van der Waals surface area contributed by atoms with Gasteiger partial charge in [-0.05, 0) is 37.7 Å². The van der Waals surface area contributed by atoms with Gasteiger partial charge in [0.05, 0.1) is 25.4 Å². The van der Waals surface area contributed by atoms with Crippen molar-refractivity contribution in [3.8, 4) is 0 Å². The van der Waals surface area contributed by atoms with Gasteiger partial charge in [0.1, 0.15) is 18.1 Å². The molecule has 7 heteroatoms. The molecule has 25 heavy (non-hydrogen) atoms. The Bertz CT molecular complexity index is 637. The van der Waals surface area contributed by atoms with Crippen LogP contribution in [-0.4, -0.2) is 51.3 Å². The molecule has 0 radical (unpaired) electrons. The fourth-order valence-corrected chi connectivity index (χ4v) is 4.91. The first-order valence-electron chi connectivity index (χ1n) is 9.11. The van der Waals surface area contributed by atoms with E-state index >= 15 is 0 Å². The first-order valence-corrected chi connectivity index (χ1v) is 9.93. The molecule has 1 aromatic rings. The second-order valence-corrected chi connectivity index (χ2v) is 7.97. The van der Waals surface area contributed by atoms with Gasteiger partial charge >= 0.3 is 5.97 Å². The van der Waals surface area contributed by atoms with E-state index in [4.69, 9.17) is 9.47 Å². The monoisotopic (exact) mass is 367 g/mol. The SMILES string of the molecule is CCOC(=O)c1c(NC(=O)C[NH+]2CCOCC2)sc2c1CC[C@@H](C)C2. The molecule has 2 N–H and O–H groups in total. The molecular formula is C18H27N2O4S+. The number of carbonyl (C=O) groups is 2. The van der Waals surface area contributed by atoms with Crippen LogP contribution in [0.2, 0.25) is 0 Å². The van der Waals surface area contributed by atoms with Crippen molar-refractivity contribution >= 4 is 28.2 Å². The number of anilines is 1. The van der Waals surface area contributed by atoms with E-state index in [1.807, 2.05) is 0 Å². The average Bonchev–Trinajstić information content (AvgIpc) is 2.92. The van der Waals surface area contributed by atoms with Gasteiger partial charge in [-0.3, -0.25) is 4.79 Å². The minimum Gasteiger partial charge on any atom is -0.462 e. The molecule has 1 aliphatic carbocycles. The molecule has 2 heterocycles. The molecule has 1 amide bonds. The van der Waals surface area contributed by atoms with Gasteiger partial charge in [0.2, 0.25) is 0 Å². The van der Waals surface area contributed by atoms with Crippen molar-refractivity contribution in [3.05, 3.63) is 16.0 Å². The van der Waals surface area contributed by atoms with Gasteiger partial charge in [-0.1, -0.05) is 6.92 Å². The van der Waals surface area contributed by atoms with Crippen LogP contribution in [0.25, 0.3) is 0 Å². The molecule has 1 atom stereocenters. The Kier molecular flexibility index (Phi) is 6.09. The van der Waals surface area contributed by atoms with Crippen molar-refractivity contribution in [2.75, 3.05) is 44.8 Å². The molecule has 1 aromatic heterocycles. The summed E-state index contributed by atoms with van der Waals surface area (Å²) >= 11 is 1.54. The van der Waals surface area contributed by atoms with Crippen LogP contribution in [-0.2, 0) is 27.1 Å². The summed E-state index contributed by atoms with van der Waals surface area (Å²) in [5.41, 5.74) is 1.66. The summed E-state index contributed by atoms with van der Waals surface area (Å²) in [6, 6.07) is 0. The Morgan fingerprint density at radius 3 is 2.84 bits per heavy atom. The molecule has 1 fully saturated rings. The highest BCUT2D eigenvalue weighted by Gasteiger charge is 2.29. The third-order valence-electron chi connectivity index (χ3n) is 4.85. The van der Waals surface area contributed by atoms with Crippen LogP contribution in [0, 0.1) is 5.92 Å². The molecular weight excluding hydrogens is 340 g/mol. The van der Waals surface area contributed by atoms with E-state index in [1.54, 1.807) is 18.3 Å². The zero-order chi connectivity index (χ0) is 17.8. The van der Waals surface area contributed by atoms with Gasteiger partial charge in [0.15, 0.2) is 6.54 Å². The summed E-state index contributed by atoms with van der Waals surface area (Å²) in [6.45, 7) is 7.86. The molecule has 2 aliphatic rings. The van der Waals surface area contributed by atoms with Gasteiger partial charge < -0.3 is 19.7 Å². The van der Waals surface area contributed by atoms with Crippen LogP contribution in [0.3, 0.4) is 0 Å². The quantitative estimate of drug-likeness (QED) is 0.759. The molecule has 3 rings (SSSR count). The number of nitrogens with one attached hydrogen (secondary N) is 2. The number of carbonyl (C=O) groups excluding carboxylic acids is 2. The van der Waals surface area contributed by atoms with Crippen molar-refractivity contribution in [3.63, 3.8) is 0 Å². The van der Waals surface area contributed by atoms with E-state index in [2.05, 4.69) is 12.2 Å². The second-order valence-electron chi connectivity index (χ2n) is 6.86. The Balaban J connectivity index is 1.77. The lowest BCUT2D eigenvalue weighted by molar-refractivity contribution is -0.899. The van der Waals surface area contributed by atoms with Gasteiger partial charge in [0, 0.05) is 4.88 Å². The van der Waals surface area contributed by atoms with Crippen molar-refractivity contribution < 1.29 is 24.0 Å². The molecule has 138 valence electrons. The van der Waals surface area contributed by atoms with Crippen LogP contribution in [0.5, 0.6) is 0 Å². The molecule has 0 aromatic carbocycles. The Morgan fingerprint density at radius 1 is 1.36 bits per heavy atom. The largest absolute Gasteiger partial charge is 0.462 e. The summed E-state index contributed by atoms with van der Waals surface area (Å²) in [7, 11) is 0. The zero-order valence-electron chi connectivity index (χ0n) is 15.0. The van der Waals surface area contributed by atoms with Crippen LogP contribution < -0.4 is 10.2 Å². The van der Waals surface area contributed by atoms with Crippen molar-refractivity contribution in [2.24, 2.45) is 5.92 Å². The summed E-state index contributed by atoms with van der Waals surface area (Å²) < 4.78 is 10.6. The normalized spacial score (nSPS) is 20.8. The highest BCUT2D eigenvalue weighted by molar-refractivity contribution is 7.17. The molecule has 0 saturated carbocycles. The molecule has 1 aliphatic heterocycles. The third-order valence-corrected chi connectivity index (χ3v) is 6.02. The van der Waals surface area contributed by atoms with E-state index in [1.165, 1.54) is 9.78 Å². The summed E-state index contributed by atoms with van der Waals surface area (Å²) in [4.78, 5) is 27.4. The maximum atomic E-state index is 12.5. The molecule has 0 spiro atoms. The Morgan fingerprint density at radius 2 is 2.12 bits per heavy atom. The molecule has 6 nitrogen and oxygen atoms in total. The molecule has 0 bridgehead atoms. The van der Waals surface area contributed by atoms with Gasteiger partial charge in [-0.2, -0.15) is 0 Å². The minimum atomic E-state index is -0.316. The smallest absolute Gasteiger partial charge is 0.341 e. The van der Waals surface area contributed by atoms with Crippen LogP contribution in [0.1, 0.15) is 41.1 Å². The number of esters is 1. The maximum Gasteiger partial charge on any atom is 0.341 e. The zero-order valence-corrected chi connectivity index (χ0v) is 15.8. The number of hydrogen-bond acceptors (Lipinski definition) is 5. The third kappa shape index (κ3) is 4.40. The lowest BCUT2D eigenvalue weighted by atomic mass is 9.88. The van der Waals surface area contributed by atoms with E-state index in [0.29, 0.717) is 42.8 Å². The minimum absolute atomic E-state index is 0.0471. The fourth-order valence-electron chi connectivity index (χ4n) is 3.49. The first kappa shape index (κ1) is 18.4. The fraction of sp³-hybridized carbons (Fsp3) is 0.667. The second kappa shape index (κ2) is 8.29. The van der Waals surface area contributed by atoms with Crippen LogP contribution >= 0.6 is 11.3 Å². The van der Waals surface area contributed by atoms with Gasteiger partial charge in [-0.25, -0.2) is 4.79 Å². The van der Waals surface area contributed by atoms with E-state index in [0.717, 1.165) is 37.9 Å². The predicted octanol–water partition coefficient (Wildman–Crippen LogP) is 0.903. The number of ether oxygens (including phenoxy) is 2. The highest BCUT2D eigenvalue weighted by atomic mass is 32.1. The Labute approximate surface area is 152 Å². The lowest BCUT2D eigenvalue weighted by Gasteiger charge is -2.23. The predicted molar refractivity (Wildman–Crippen MR) is 96.5 cm³/mol. The number of amides is 1. The Hall–Kier alpha value is -1.44. The summed E-state index contributed by atoms with van der Waals surface area (Å²) in [5.74, 6) is 0.250. The number of fused-ring (bicyclic) bond motifs is 1. The summed E-state index contributed by atoms with van der Waals surface area (Å²) in [6.07, 6.45) is 2.92. The lowest BCUT2D eigenvalue weighted by Crippen LogP contribution is -3.15. The first-order chi connectivity index (χ1) is 12.1. The standard InChI is InChI=1S/C18H26N2O4S/c1-3-24-18(22)16-13-5-4-12(2)10-14(13)25-17(16)19-15(21)11-20-6-8-23-9-7-20/h12H,3-11H2,1-2H3,(H,19,21)/p+1/t12-/m1/s1.